The lowest BCUT2D eigenvalue weighted by Crippen LogP contribution is -2.13. The van der Waals surface area contributed by atoms with Crippen molar-refractivity contribution in [1.82, 2.24) is 0 Å². The number of carbonyl (C=O) groups is 1. The van der Waals surface area contributed by atoms with E-state index in [4.69, 9.17) is 4.52 Å². The summed E-state index contributed by atoms with van der Waals surface area (Å²) in [6, 6.07) is 0. The van der Waals surface area contributed by atoms with Gasteiger partial charge in [0.1, 0.15) is 0 Å². The largest absolute Gasteiger partial charge is 0.369 e. The summed E-state index contributed by atoms with van der Waals surface area (Å²) in [7, 11) is -3.61. The summed E-state index contributed by atoms with van der Waals surface area (Å²) < 4.78 is 21.2. The molecule has 0 amide bonds. The minimum absolute atomic E-state index is 0.131. The molecule has 96 valence electrons. The van der Waals surface area contributed by atoms with Gasteiger partial charge < -0.3 is 4.52 Å². The van der Waals surface area contributed by atoms with Crippen molar-refractivity contribution in [2.24, 2.45) is 0 Å². The van der Waals surface area contributed by atoms with Crippen LogP contribution < -0.4 is 0 Å². The molecule has 0 aliphatic carbocycles. The van der Waals surface area contributed by atoms with Crippen LogP contribution in [0.5, 0.6) is 0 Å². The Bertz CT molecular complexity index is 243. The van der Waals surface area contributed by atoms with E-state index in [2.05, 4.69) is 19.3 Å². The predicted octanol–water partition coefficient (Wildman–Crippen LogP) is 1.68. The molecule has 0 fully saturated rings. The summed E-state index contributed by atoms with van der Waals surface area (Å²) in [5, 5.41) is 0. The molecule has 7 nitrogen and oxygen atoms in total. The third-order valence-corrected chi connectivity index (χ3v) is 2.83. The smallest absolute Gasteiger partial charge is 0.307 e. The lowest BCUT2D eigenvalue weighted by atomic mass is 10.8. The predicted molar refractivity (Wildman–Crippen MR) is 54.5 cm³/mol. The Balaban J connectivity index is 4.19. The van der Waals surface area contributed by atoms with Crippen LogP contribution >= 0.6 is 7.60 Å². The van der Waals surface area contributed by atoms with Gasteiger partial charge in [-0.1, -0.05) is 0 Å². The van der Waals surface area contributed by atoms with Crippen LogP contribution in [0.3, 0.4) is 0 Å². The van der Waals surface area contributed by atoms with E-state index in [0.29, 0.717) is 0 Å². The van der Waals surface area contributed by atoms with Crippen molar-refractivity contribution in [3.05, 3.63) is 0 Å². The highest BCUT2D eigenvalue weighted by atomic mass is 31.2. The van der Waals surface area contributed by atoms with Gasteiger partial charge in [-0.15, -0.1) is 4.67 Å². The lowest BCUT2D eigenvalue weighted by molar-refractivity contribution is -0.267. The van der Waals surface area contributed by atoms with Crippen LogP contribution in [-0.2, 0) is 33.2 Å². The van der Waals surface area contributed by atoms with Crippen molar-refractivity contribution >= 4 is 13.6 Å². The van der Waals surface area contributed by atoms with Crippen molar-refractivity contribution in [3.63, 3.8) is 0 Å². The first-order valence-electron chi connectivity index (χ1n) is 4.95. The molecule has 0 spiro atoms. The van der Waals surface area contributed by atoms with Crippen molar-refractivity contribution in [3.8, 4) is 0 Å². The molecule has 8 heteroatoms. The second-order valence-electron chi connectivity index (χ2n) is 2.53. The standard InChI is InChI=1S/C8H17O7P/c1-4-11-14-8(9)7-16(10,13-6-3)15-12-5-2/h4-7H2,1-3H3. The second-order valence-corrected chi connectivity index (χ2v) is 4.48. The van der Waals surface area contributed by atoms with Crippen LogP contribution in [-0.4, -0.2) is 32.0 Å². The van der Waals surface area contributed by atoms with Gasteiger partial charge in [-0.3, -0.25) is 9.45 Å². The fraction of sp³-hybridized carbons (Fsp3) is 0.875. The normalized spacial score (nSPS) is 14.4. The molecule has 1 unspecified atom stereocenters. The van der Waals surface area contributed by atoms with Crippen LogP contribution in [0.4, 0.5) is 0 Å². The first kappa shape index (κ1) is 15.5. The molecule has 0 saturated heterocycles. The molecular formula is C8H17O7P. The van der Waals surface area contributed by atoms with E-state index in [1.807, 2.05) is 0 Å². The number of rotatable bonds is 9. The van der Waals surface area contributed by atoms with Crippen LogP contribution in [0.1, 0.15) is 20.8 Å². The Hall–Kier alpha value is -0.460. The Morgan fingerprint density at radius 3 is 2.19 bits per heavy atom. The maximum atomic E-state index is 11.8. The Morgan fingerprint density at radius 2 is 1.69 bits per heavy atom. The monoisotopic (exact) mass is 256 g/mol. The van der Waals surface area contributed by atoms with Gasteiger partial charge in [0.25, 0.3) is 0 Å². The Labute approximate surface area is 94.3 Å². The number of hydrogen-bond acceptors (Lipinski definition) is 7. The molecule has 0 rings (SSSR count). The van der Waals surface area contributed by atoms with Crippen molar-refractivity contribution in [2.45, 2.75) is 20.8 Å². The van der Waals surface area contributed by atoms with Crippen LogP contribution in [0.15, 0.2) is 0 Å². The summed E-state index contributed by atoms with van der Waals surface area (Å²) in [6.45, 7) is 5.44. The van der Waals surface area contributed by atoms with Gasteiger partial charge in [-0.05, 0) is 20.8 Å². The Kier molecular flexibility index (Phi) is 8.42. The highest BCUT2D eigenvalue weighted by Gasteiger charge is 2.31. The molecule has 0 N–H and O–H groups in total. The molecule has 0 aliphatic heterocycles. The molecule has 1 atom stereocenters. The average molecular weight is 256 g/mol. The molecule has 0 bridgehead atoms. The molecule has 0 radical (unpaired) electrons. The minimum Gasteiger partial charge on any atom is -0.307 e. The zero-order valence-electron chi connectivity index (χ0n) is 9.63. The summed E-state index contributed by atoms with van der Waals surface area (Å²) in [6.07, 6.45) is -0.555. The quantitative estimate of drug-likeness (QED) is 0.352. The summed E-state index contributed by atoms with van der Waals surface area (Å²) in [4.78, 5) is 24.3. The fourth-order valence-corrected chi connectivity index (χ4v) is 1.95. The molecule has 0 aromatic carbocycles. The highest BCUT2D eigenvalue weighted by molar-refractivity contribution is 7.54. The maximum Gasteiger partial charge on any atom is 0.369 e. The van der Waals surface area contributed by atoms with Gasteiger partial charge >= 0.3 is 13.6 Å². The van der Waals surface area contributed by atoms with Crippen LogP contribution in [0.2, 0.25) is 0 Å². The second kappa shape index (κ2) is 8.66. The molecule has 0 heterocycles. The van der Waals surface area contributed by atoms with Gasteiger partial charge in [0, 0.05) is 0 Å². The minimum atomic E-state index is -3.61. The van der Waals surface area contributed by atoms with Gasteiger partial charge in [0.15, 0.2) is 6.16 Å². The zero-order chi connectivity index (χ0) is 12.4. The lowest BCUT2D eigenvalue weighted by Gasteiger charge is -2.14. The van der Waals surface area contributed by atoms with Gasteiger partial charge in [0.2, 0.25) is 0 Å². The van der Waals surface area contributed by atoms with Crippen molar-refractivity contribution in [2.75, 3.05) is 26.0 Å². The highest BCUT2D eigenvalue weighted by Crippen LogP contribution is 2.48. The molecular weight excluding hydrogens is 239 g/mol. The van der Waals surface area contributed by atoms with Crippen LogP contribution in [0.25, 0.3) is 0 Å². The first-order valence-corrected chi connectivity index (χ1v) is 6.67. The van der Waals surface area contributed by atoms with E-state index in [-0.39, 0.29) is 19.8 Å². The van der Waals surface area contributed by atoms with E-state index in [1.165, 1.54) is 0 Å². The van der Waals surface area contributed by atoms with E-state index in [9.17, 15) is 9.36 Å². The zero-order valence-corrected chi connectivity index (χ0v) is 10.5. The molecule has 0 aliphatic rings. The maximum absolute atomic E-state index is 11.8. The first-order chi connectivity index (χ1) is 7.58. The SMILES string of the molecule is CCOOC(=O)CP(=O)(OCC)OOCC. The average Bonchev–Trinajstić information content (AvgIpc) is 2.24. The molecule has 0 aromatic rings. The van der Waals surface area contributed by atoms with E-state index in [1.54, 1.807) is 20.8 Å². The molecule has 0 aromatic heterocycles. The van der Waals surface area contributed by atoms with Gasteiger partial charge in [0.05, 0.1) is 19.8 Å². The van der Waals surface area contributed by atoms with Gasteiger partial charge in [-0.25, -0.2) is 9.68 Å². The molecule has 16 heavy (non-hydrogen) atoms. The number of hydrogen-bond donors (Lipinski definition) is 0. The number of carbonyl (C=O) groups excluding carboxylic acids is 1. The van der Waals surface area contributed by atoms with E-state index >= 15 is 0 Å². The van der Waals surface area contributed by atoms with Crippen LogP contribution in [0, 0.1) is 0 Å². The third kappa shape index (κ3) is 6.92. The van der Waals surface area contributed by atoms with E-state index < -0.39 is 19.7 Å². The van der Waals surface area contributed by atoms with Crippen molar-refractivity contribution < 1.29 is 33.2 Å². The summed E-state index contributed by atoms with van der Waals surface area (Å²) >= 11 is 0. The summed E-state index contributed by atoms with van der Waals surface area (Å²) in [5.74, 6) is -0.835. The third-order valence-electron chi connectivity index (χ3n) is 1.20. The Morgan fingerprint density at radius 1 is 1.06 bits per heavy atom. The van der Waals surface area contributed by atoms with E-state index in [0.717, 1.165) is 0 Å². The topological polar surface area (TPSA) is 80.3 Å². The molecule has 0 saturated carbocycles. The van der Waals surface area contributed by atoms with Gasteiger partial charge in [-0.2, -0.15) is 4.89 Å². The fourth-order valence-electron chi connectivity index (χ4n) is 0.732. The van der Waals surface area contributed by atoms with Crippen molar-refractivity contribution in [1.29, 1.82) is 0 Å². The summed E-state index contributed by atoms with van der Waals surface area (Å²) in [5.41, 5.74) is 0.